The molecule has 94 valence electrons. The Morgan fingerprint density at radius 1 is 1.50 bits per heavy atom. The number of benzene rings is 1. The van der Waals surface area contributed by atoms with E-state index in [2.05, 4.69) is 4.51 Å². The Labute approximate surface area is 115 Å². The van der Waals surface area contributed by atoms with E-state index in [1.54, 1.807) is 43.3 Å². The summed E-state index contributed by atoms with van der Waals surface area (Å²) in [6.45, 7) is 1.73. The number of carbonyl (C=O) groups is 1. The fourth-order valence-corrected chi connectivity index (χ4v) is 1.80. The van der Waals surface area contributed by atoms with Gasteiger partial charge >= 0.3 is 5.97 Å². The highest BCUT2D eigenvalue weighted by Gasteiger charge is 2.44. The van der Waals surface area contributed by atoms with Crippen molar-refractivity contribution in [1.29, 1.82) is 5.26 Å². The smallest absolute Gasteiger partial charge is 0.348 e. The van der Waals surface area contributed by atoms with E-state index in [1.807, 2.05) is 0 Å². The average Bonchev–Trinajstić information content (AvgIpc) is 2.40. The van der Waals surface area contributed by atoms with Crippen LogP contribution in [0.5, 0.6) is 0 Å². The third kappa shape index (κ3) is 2.81. The van der Waals surface area contributed by atoms with Crippen molar-refractivity contribution in [2.45, 2.75) is 11.8 Å². The van der Waals surface area contributed by atoms with Crippen LogP contribution in [-0.4, -0.2) is 23.2 Å². The average molecular weight is 285 g/mol. The molecule has 1 atom stereocenters. The zero-order chi connectivity index (χ0) is 13.6. The van der Waals surface area contributed by atoms with E-state index in [1.165, 1.54) is 0 Å². The van der Waals surface area contributed by atoms with Gasteiger partial charge in [-0.15, -0.1) is 0 Å². The second-order valence-corrected chi connectivity index (χ2v) is 4.03. The van der Waals surface area contributed by atoms with Crippen LogP contribution >= 0.6 is 23.4 Å². The minimum atomic E-state index is -2.04. The van der Waals surface area contributed by atoms with Crippen LogP contribution < -0.4 is 0 Å². The number of halogens is 2. The molecular weight excluding hydrogens is 275 g/mol. The Hall–Kier alpha value is -1.57. The summed E-state index contributed by atoms with van der Waals surface area (Å²) in [6, 6.07) is 10.2. The molecule has 0 aliphatic rings. The summed E-state index contributed by atoms with van der Waals surface area (Å²) < 4.78 is 8.21. The van der Waals surface area contributed by atoms with Gasteiger partial charge in [-0.25, -0.2) is 4.79 Å². The standard InChI is InChI=1S/C12H10Cl2N2O2/c1-2-18-11(17)12(13,8-15)10(16-14)9-6-4-3-5-7-9/h3-7H,2H2,1H3/b16-10+. The highest BCUT2D eigenvalue weighted by Crippen LogP contribution is 2.24. The normalized spacial score (nSPS) is 14.4. The van der Waals surface area contributed by atoms with Crippen molar-refractivity contribution in [3.8, 4) is 6.07 Å². The second kappa shape index (κ2) is 6.39. The lowest BCUT2D eigenvalue weighted by Crippen LogP contribution is -2.41. The van der Waals surface area contributed by atoms with Crippen LogP contribution in [0.15, 0.2) is 34.8 Å². The highest BCUT2D eigenvalue weighted by atomic mass is 35.5. The predicted molar refractivity (Wildman–Crippen MR) is 69.7 cm³/mol. The fraction of sp³-hybridized carbons (Fsp3) is 0.250. The number of ether oxygens (including phenoxy) is 1. The van der Waals surface area contributed by atoms with Gasteiger partial charge in [0, 0.05) is 17.3 Å². The number of alkyl halides is 1. The first-order valence-corrected chi connectivity index (χ1v) is 5.84. The Morgan fingerprint density at radius 3 is 2.56 bits per heavy atom. The Bertz CT molecular complexity index is 497. The van der Waals surface area contributed by atoms with Gasteiger partial charge in [0.2, 0.25) is 0 Å². The van der Waals surface area contributed by atoms with Crippen molar-refractivity contribution >= 4 is 35.1 Å². The van der Waals surface area contributed by atoms with Crippen LogP contribution in [-0.2, 0) is 9.53 Å². The van der Waals surface area contributed by atoms with Gasteiger partial charge in [0.1, 0.15) is 11.8 Å². The molecule has 6 heteroatoms. The largest absolute Gasteiger partial charge is 0.464 e. The zero-order valence-corrected chi connectivity index (χ0v) is 11.1. The third-order valence-electron chi connectivity index (χ3n) is 2.17. The quantitative estimate of drug-likeness (QED) is 0.485. The molecule has 0 saturated carbocycles. The molecule has 1 aromatic carbocycles. The van der Waals surface area contributed by atoms with E-state index in [9.17, 15) is 4.79 Å². The molecule has 0 bridgehead atoms. The summed E-state index contributed by atoms with van der Waals surface area (Å²) in [6.07, 6.45) is 0. The monoisotopic (exact) mass is 284 g/mol. The maximum atomic E-state index is 11.8. The van der Waals surface area contributed by atoms with E-state index < -0.39 is 10.8 Å². The summed E-state index contributed by atoms with van der Waals surface area (Å²) in [7, 11) is 0. The van der Waals surface area contributed by atoms with Crippen LogP contribution in [0.3, 0.4) is 0 Å². The maximum Gasteiger partial charge on any atom is 0.348 e. The molecule has 1 aromatic rings. The van der Waals surface area contributed by atoms with Crippen molar-refractivity contribution in [1.82, 2.24) is 0 Å². The molecule has 18 heavy (non-hydrogen) atoms. The van der Waals surface area contributed by atoms with Crippen molar-refractivity contribution in [2.75, 3.05) is 6.61 Å². The molecule has 0 spiro atoms. The van der Waals surface area contributed by atoms with Gasteiger partial charge in [0.25, 0.3) is 4.87 Å². The van der Waals surface area contributed by atoms with E-state index in [0.717, 1.165) is 0 Å². The lowest BCUT2D eigenvalue weighted by atomic mass is 9.97. The van der Waals surface area contributed by atoms with E-state index >= 15 is 0 Å². The first kappa shape index (κ1) is 14.5. The maximum absolute atomic E-state index is 11.8. The zero-order valence-electron chi connectivity index (χ0n) is 9.56. The highest BCUT2D eigenvalue weighted by molar-refractivity contribution is 6.52. The van der Waals surface area contributed by atoms with Crippen molar-refractivity contribution in [2.24, 2.45) is 4.51 Å². The Morgan fingerprint density at radius 2 is 2.11 bits per heavy atom. The molecule has 0 amide bonds. The number of rotatable bonds is 4. The lowest BCUT2D eigenvalue weighted by Gasteiger charge is -2.18. The number of carbonyl (C=O) groups excluding carboxylic acids is 1. The van der Waals surface area contributed by atoms with E-state index in [4.69, 9.17) is 33.4 Å². The summed E-state index contributed by atoms with van der Waals surface area (Å²) in [5.41, 5.74) is 0.435. The fourth-order valence-electron chi connectivity index (χ4n) is 1.33. The first-order valence-electron chi connectivity index (χ1n) is 5.12. The molecule has 0 saturated heterocycles. The molecule has 0 aliphatic carbocycles. The van der Waals surface area contributed by atoms with Gasteiger partial charge in [-0.3, -0.25) is 0 Å². The molecular formula is C12H10Cl2N2O2. The molecule has 1 rings (SSSR count). The molecule has 1 unspecified atom stereocenters. The van der Waals surface area contributed by atoms with Crippen molar-refractivity contribution in [3.63, 3.8) is 0 Å². The van der Waals surface area contributed by atoms with E-state index in [0.29, 0.717) is 5.56 Å². The van der Waals surface area contributed by atoms with E-state index in [-0.39, 0.29) is 12.3 Å². The second-order valence-electron chi connectivity index (χ2n) is 3.29. The summed E-state index contributed by atoms with van der Waals surface area (Å²) in [5, 5.41) is 9.12. The van der Waals surface area contributed by atoms with Gasteiger partial charge in [0.05, 0.1) is 6.61 Å². The van der Waals surface area contributed by atoms with Crippen LogP contribution in [0.1, 0.15) is 12.5 Å². The van der Waals surface area contributed by atoms with Crippen LogP contribution in [0.4, 0.5) is 0 Å². The molecule has 0 aromatic heterocycles. The van der Waals surface area contributed by atoms with Gasteiger partial charge < -0.3 is 4.74 Å². The van der Waals surface area contributed by atoms with Gasteiger partial charge in [-0.05, 0) is 6.92 Å². The summed E-state index contributed by atoms with van der Waals surface area (Å²) in [5.74, 6) is -0.891. The molecule has 0 aliphatic heterocycles. The Kier molecular flexibility index (Phi) is 5.14. The molecule has 0 heterocycles. The summed E-state index contributed by atoms with van der Waals surface area (Å²) in [4.78, 5) is 9.71. The van der Waals surface area contributed by atoms with Crippen LogP contribution in [0, 0.1) is 11.3 Å². The number of hydrogen-bond donors (Lipinski definition) is 0. The number of nitrogens with zero attached hydrogens (tertiary/aromatic N) is 2. The van der Waals surface area contributed by atoms with Gasteiger partial charge in [0.15, 0.2) is 0 Å². The molecule has 0 radical (unpaired) electrons. The first-order chi connectivity index (χ1) is 8.60. The van der Waals surface area contributed by atoms with Crippen molar-refractivity contribution < 1.29 is 9.53 Å². The Balaban J connectivity index is 3.23. The number of hydrogen-bond acceptors (Lipinski definition) is 4. The number of nitriles is 1. The molecule has 0 fully saturated rings. The van der Waals surface area contributed by atoms with Crippen LogP contribution in [0.2, 0.25) is 0 Å². The molecule has 0 N–H and O–H groups in total. The van der Waals surface area contributed by atoms with Crippen molar-refractivity contribution in [3.05, 3.63) is 35.9 Å². The third-order valence-corrected chi connectivity index (χ3v) is 2.76. The van der Waals surface area contributed by atoms with Gasteiger partial charge in [-0.1, -0.05) is 41.9 Å². The minimum Gasteiger partial charge on any atom is -0.464 e. The molecule has 4 nitrogen and oxygen atoms in total. The minimum absolute atomic E-state index is 0.0487. The topological polar surface area (TPSA) is 62.5 Å². The summed E-state index contributed by atoms with van der Waals surface area (Å²) >= 11 is 11.5. The lowest BCUT2D eigenvalue weighted by molar-refractivity contribution is -0.142. The number of esters is 1. The van der Waals surface area contributed by atoms with Crippen LogP contribution in [0.25, 0.3) is 0 Å². The predicted octanol–water partition coefficient (Wildman–Crippen LogP) is 2.69. The van der Waals surface area contributed by atoms with Gasteiger partial charge in [-0.2, -0.15) is 9.77 Å². The SMILES string of the molecule is CCOC(=O)C(Cl)(C#N)/C(=N/Cl)c1ccccc1.